The Kier molecular flexibility index (Phi) is 3.80. The van der Waals surface area contributed by atoms with Crippen molar-refractivity contribution in [2.24, 2.45) is 5.92 Å². The maximum Gasteiger partial charge on any atom is 0.334 e. The number of ether oxygens (including phenoxy) is 1. The van der Waals surface area contributed by atoms with E-state index in [1.54, 1.807) is 0 Å². The Labute approximate surface area is 107 Å². The first-order chi connectivity index (χ1) is 8.61. The van der Waals surface area contributed by atoms with Gasteiger partial charge >= 0.3 is 5.97 Å². The minimum Gasteiger partial charge on any atom is -0.458 e. The summed E-state index contributed by atoms with van der Waals surface area (Å²) in [7, 11) is 0. The molecular formula is C15H18O3. The summed E-state index contributed by atoms with van der Waals surface area (Å²) in [6, 6.07) is 0. The lowest BCUT2D eigenvalue weighted by atomic mass is 9.88. The molecule has 0 radical (unpaired) electrons. The summed E-state index contributed by atoms with van der Waals surface area (Å²) in [4.78, 5) is 22.6. The molecule has 2 aliphatic rings. The quantitative estimate of drug-likeness (QED) is 0.309. The molecule has 1 aliphatic heterocycles. The van der Waals surface area contributed by atoms with Gasteiger partial charge in [0.05, 0.1) is 0 Å². The van der Waals surface area contributed by atoms with Gasteiger partial charge < -0.3 is 4.74 Å². The van der Waals surface area contributed by atoms with Crippen LogP contribution >= 0.6 is 0 Å². The van der Waals surface area contributed by atoms with Gasteiger partial charge in [-0.1, -0.05) is 24.3 Å². The lowest BCUT2D eigenvalue weighted by molar-refractivity contribution is -0.139. The number of rotatable bonds is 1. The zero-order valence-electron chi connectivity index (χ0n) is 10.6. The number of allylic oxidation sites excluding steroid dienone is 3. The fraction of sp³-hybridized carbons (Fsp3) is 0.467. The van der Waals surface area contributed by atoms with Crippen LogP contribution in [0.5, 0.6) is 0 Å². The molecule has 0 unspecified atom stereocenters. The zero-order chi connectivity index (χ0) is 13.1. The Bertz CT molecular complexity index is 443. The SMILES string of the molecule is C=C1C(=O)O[C@H]2CC(C=O)=CCCC(C)=CC[C@H]12. The highest BCUT2D eigenvalue weighted by Crippen LogP contribution is 2.34. The largest absolute Gasteiger partial charge is 0.458 e. The molecule has 3 nitrogen and oxygen atoms in total. The van der Waals surface area contributed by atoms with Gasteiger partial charge in [0.15, 0.2) is 0 Å². The first kappa shape index (κ1) is 12.8. The Morgan fingerprint density at radius 1 is 1.44 bits per heavy atom. The fourth-order valence-corrected chi connectivity index (χ4v) is 2.48. The molecule has 1 aliphatic carbocycles. The van der Waals surface area contributed by atoms with E-state index in [1.165, 1.54) is 5.57 Å². The topological polar surface area (TPSA) is 43.4 Å². The molecule has 2 atom stereocenters. The predicted octanol–water partition coefficient (Wildman–Crippen LogP) is 2.73. The number of hydrogen-bond acceptors (Lipinski definition) is 3. The fourth-order valence-electron chi connectivity index (χ4n) is 2.48. The smallest absolute Gasteiger partial charge is 0.334 e. The molecule has 2 rings (SSSR count). The van der Waals surface area contributed by atoms with Crippen molar-refractivity contribution >= 4 is 12.3 Å². The molecule has 0 amide bonds. The molecular weight excluding hydrogens is 228 g/mol. The van der Waals surface area contributed by atoms with Crippen molar-refractivity contribution in [1.29, 1.82) is 0 Å². The summed E-state index contributed by atoms with van der Waals surface area (Å²) in [6.07, 6.45) is 7.83. The highest BCUT2D eigenvalue weighted by molar-refractivity contribution is 5.91. The summed E-state index contributed by atoms with van der Waals surface area (Å²) >= 11 is 0. The number of hydrogen-bond donors (Lipinski definition) is 0. The molecule has 0 bridgehead atoms. The molecule has 0 aromatic heterocycles. The van der Waals surface area contributed by atoms with Crippen LogP contribution in [-0.4, -0.2) is 18.4 Å². The summed E-state index contributed by atoms with van der Waals surface area (Å²) in [6.45, 7) is 5.89. The second-order valence-corrected chi connectivity index (χ2v) is 5.00. The van der Waals surface area contributed by atoms with Gasteiger partial charge in [0.25, 0.3) is 0 Å². The van der Waals surface area contributed by atoms with Gasteiger partial charge in [-0.25, -0.2) is 4.79 Å². The molecule has 1 fully saturated rings. The van der Waals surface area contributed by atoms with E-state index < -0.39 is 0 Å². The minimum absolute atomic E-state index is 0.00824. The van der Waals surface area contributed by atoms with Crippen LogP contribution in [0.3, 0.4) is 0 Å². The van der Waals surface area contributed by atoms with Gasteiger partial charge in [0.2, 0.25) is 0 Å². The van der Waals surface area contributed by atoms with E-state index >= 15 is 0 Å². The summed E-state index contributed by atoms with van der Waals surface area (Å²) < 4.78 is 5.31. The molecule has 3 heteroatoms. The first-order valence-electron chi connectivity index (χ1n) is 6.31. The molecule has 0 aromatic rings. The van der Waals surface area contributed by atoms with Crippen molar-refractivity contribution in [3.8, 4) is 0 Å². The first-order valence-corrected chi connectivity index (χ1v) is 6.31. The van der Waals surface area contributed by atoms with Gasteiger partial charge in [0, 0.05) is 17.9 Å². The zero-order valence-corrected chi connectivity index (χ0v) is 10.6. The summed E-state index contributed by atoms with van der Waals surface area (Å²) in [5.74, 6) is -0.311. The Morgan fingerprint density at radius 3 is 2.94 bits per heavy atom. The monoisotopic (exact) mass is 246 g/mol. The van der Waals surface area contributed by atoms with Gasteiger partial charge in [-0.15, -0.1) is 0 Å². The van der Waals surface area contributed by atoms with Crippen LogP contribution in [0.1, 0.15) is 32.6 Å². The van der Waals surface area contributed by atoms with Crippen LogP contribution in [0.4, 0.5) is 0 Å². The second kappa shape index (κ2) is 5.34. The molecule has 0 spiro atoms. The lowest BCUT2D eigenvalue weighted by Gasteiger charge is -2.17. The van der Waals surface area contributed by atoms with Crippen molar-refractivity contribution in [1.82, 2.24) is 0 Å². The van der Waals surface area contributed by atoms with Crippen LogP contribution in [0.25, 0.3) is 0 Å². The summed E-state index contributed by atoms with van der Waals surface area (Å²) in [5.41, 5.74) is 2.54. The Balaban J connectivity index is 2.27. The molecule has 18 heavy (non-hydrogen) atoms. The minimum atomic E-state index is -0.319. The van der Waals surface area contributed by atoms with Crippen LogP contribution in [0.15, 0.2) is 35.5 Å². The number of fused-ring (bicyclic) bond motifs is 1. The molecule has 1 saturated heterocycles. The Hall–Kier alpha value is -1.64. The van der Waals surface area contributed by atoms with E-state index in [4.69, 9.17) is 4.74 Å². The van der Waals surface area contributed by atoms with E-state index in [0.717, 1.165) is 31.1 Å². The number of carbonyl (C=O) groups excluding carboxylic acids is 2. The van der Waals surface area contributed by atoms with Gasteiger partial charge in [0.1, 0.15) is 12.4 Å². The highest BCUT2D eigenvalue weighted by atomic mass is 16.6. The van der Waals surface area contributed by atoms with E-state index in [-0.39, 0.29) is 18.0 Å². The molecule has 0 saturated carbocycles. The van der Waals surface area contributed by atoms with Gasteiger partial charge in [-0.05, 0) is 31.8 Å². The summed E-state index contributed by atoms with van der Waals surface area (Å²) in [5, 5.41) is 0. The molecule has 96 valence electrons. The normalized spacial score (nSPS) is 28.9. The highest BCUT2D eigenvalue weighted by Gasteiger charge is 2.38. The number of esters is 1. The van der Waals surface area contributed by atoms with Crippen molar-refractivity contribution in [3.63, 3.8) is 0 Å². The molecule has 0 aromatic carbocycles. The van der Waals surface area contributed by atoms with Crippen molar-refractivity contribution in [2.45, 2.75) is 38.7 Å². The average Bonchev–Trinajstić information content (AvgIpc) is 2.61. The predicted molar refractivity (Wildman–Crippen MR) is 68.9 cm³/mol. The van der Waals surface area contributed by atoms with Crippen LogP contribution < -0.4 is 0 Å². The third-order valence-electron chi connectivity index (χ3n) is 3.67. The number of aldehydes is 1. The van der Waals surface area contributed by atoms with Crippen LogP contribution in [-0.2, 0) is 14.3 Å². The van der Waals surface area contributed by atoms with Crippen molar-refractivity contribution in [3.05, 3.63) is 35.5 Å². The third kappa shape index (κ3) is 2.61. The van der Waals surface area contributed by atoms with E-state index in [0.29, 0.717) is 12.0 Å². The standard InChI is InChI=1S/C15H18O3/c1-10-4-3-5-12(9-16)8-14-13(7-6-10)11(2)15(17)18-14/h5-6,9,13-14H,2-4,7-8H2,1H3/t13-,14+/m1/s1. The maximum absolute atomic E-state index is 11.6. The van der Waals surface area contributed by atoms with Crippen LogP contribution in [0, 0.1) is 5.92 Å². The molecule has 1 heterocycles. The molecule has 0 N–H and O–H groups in total. The van der Waals surface area contributed by atoms with Crippen molar-refractivity contribution in [2.75, 3.05) is 0 Å². The van der Waals surface area contributed by atoms with Gasteiger partial charge in [-0.3, -0.25) is 4.79 Å². The second-order valence-electron chi connectivity index (χ2n) is 5.00. The van der Waals surface area contributed by atoms with Gasteiger partial charge in [-0.2, -0.15) is 0 Å². The van der Waals surface area contributed by atoms with Crippen molar-refractivity contribution < 1.29 is 14.3 Å². The van der Waals surface area contributed by atoms with E-state index in [2.05, 4.69) is 19.6 Å². The van der Waals surface area contributed by atoms with Crippen LogP contribution in [0.2, 0.25) is 0 Å². The van der Waals surface area contributed by atoms with E-state index in [1.807, 2.05) is 6.08 Å². The lowest BCUT2D eigenvalue weighted by Crippen LogP contribution is -2.18. The Morgan fingerprint density at radius 2 is 2.22 bits per heavy atom. The number of carbonyl (C=O) groups is 2. The van der Waals surface area contributed by atoms with E-state index in [9.17, 15) is 9.59 Å². The maximum atomic E-state index is 11.6. The average molecular weight is 246 g/mol. The third-order valence-corrected chi connectivity index (χ3v) is 3.67.